The first-order valence-corrected chi connectivity index (χ1v) is 11.4. The maximum atomic E-state index is 12.9. The topological polar surface area (TPSA) is 67.1 Å². The first-order valence-electron chi connectivity index (χ1n) is 11.1. The van der Waals surface area contributed by atoms with Crippen molar-refractivity contribution < 1.29 is 4.79 Å². The Kier molecular flexibility index (Phi) is 6.29. The van der Waals surface area contributed by atoms with Crippen LogP contribution in [-0.2, 0) is 6.54 Å². The molecule has 4 nitrogen and oxygen atoms in total. The number of hydrogen-bond acceptors (Lipinski definition) is 3. The van der Waals surface area contributed by atoms with E-state index in [1.807, 2.05) is 18.2 Å². The van der Waals surface area contributed by atoms with E-state index in [9.17, 15) is 4.79 Å². The van der Waals surface area contributed by atoms with Gasteiger partial charge in [0.1, 0.15) is 0 Å². The fourth-order valence-corrected chi connectivity index (χ4v) is 6.42. The molecule has 1 aromatic carbocycles. The molecule has 5 heteroatoms. The monoisotopic (exact) mass is 403 g/mol. The van der Waals surface area contributed by atoms with Crippen LogP contribution in [-0.4, -0.2) is 25.5 Å². The molecule has 4 unspecified atom stereocenters. The average Bonchev–Trinajstić information content (AvgIpc) is 2.91. The maximum Gasteiger partial charge on any atom is 0.252 e. The van der Waals surface area contributed by atoms with E-state index in [2.05, 4.69) is 10.6 Å². The fraction of sp³-hybridized carbons (Fsp3) is 0.696. The molecule has 0 aliphatic heterocycles. The molecule has 3 bridgehead atoms. The predicted molar refractivity (Wildman–Crippen MR) is 114 cm³/mol. The molecule has 0 aromatic heterocycles. The molecule has 0 radical (unpaired) electrons. The van der Waals surface area contributed by atoms with Gasteiger partial charge in [0.25, 0.3) is 5.91 Å². The summed E-state index contributed by atoms with van der Waals surface area (Å²) < 4.78 is 0. The first kappa shape index (κ1) is 20.2. The molecule has 28 heavy (non-hydrogen) atoms. The predicted octanol–water partition coefficient (Wildman–Crippen LogP) is 4.11. The van der Waals surface area contributed by atoms with Crippen molar-refractivity contribution in [1.82, 2.24) is 10.6 Å². The number of rotatable bonds is 8. The van der Waals surface area contributed by atoms with Crippen LogP contribution >= 0.6 is 11.6 Å². The standard InChI is InChI=1S/C23H34ClN3O/c24-21-5-4-16(14-26-8-2-7-25)11-20(21)22(28)27-15-23-6-1-3-18-9-17(12-23)10-19(18)13-23/h4-5,11,17-19,26H,1-3,6-10,12-15,25H2,(H,27,28). The molecule has 4 atom stereocenters. The summed E-state index contributed by atoms with van der Waals surface area (Å²) in [5.74, 6) is 2.74. The lowest BCUT2D eigenvalue weighted by molar-refractivity contribution is 0.0854. The quantitative estimate of drug-likeness (QED) is 0.572. The number of nitrogens with two attached hydrogens (primary N) is 1. The van der Waals surface area contributed by atoms with E-state index in [0.29, 0.717) is 22.5 Å². The van der Waals surface area contributed by atoms with Crippen molar-refractivity contribution in [3.8, 4) is 0 Å². The van der Waals surface area contributed by atoms with Crippen LogP contribution in [0.15, 0.2) is 18.2 Å². The van der Waals surface area contributed by atoms with Crippen LogP contribution in [0.4, 0.5) is 0 Å². The van der Waals surface area contributed by atoms with Gasteiger partial charge < -0.3 is 16.4 Å². The van der Waals surface area contributed by atoms with E-state index in [0.717, 1.165) is 49.4 Å². The van der Waals surface area contributed by atoms with Gasteiger partial charge in [0, 0.05) is 13.1 Å². The summed E-state index contributed by atoms with van der Waals surface area (Å²) in [7, 11) is 0. The third-order valence-corrected chi connectivity index (χ3v) is 7.75. The van der Waals surface area contributed by atoms with Crippen LogP contribution < -0.4 is 16.4 Å². The van der Waals surface area contributed by atoms with Crippen LogP contribution in [0.1, 0.15) is 67.3 Å². The maximum absolute atomic E-state index is 12.9. The molecular formula is C23H34ClN3O. The molecule has 4 N–H and O–H groups in total. The van der Waals surface area contributed by atoms with Crippen LogP contribution in [0.2, 0.25) is 5.02 Å². The Morgan fingerprint density at radius 1 is 1.25 bits per heavy atom. The Morgan fingerprint density at radius 3 is 2.96 bits per heavy atom. The zero-order valence-corrected chi connectivity index (χ0v) is 17.6. The van der Waals surface area contributed by atoms with Gasteiger partial charge in [-0.15, -0.1) is 0 Å². The summed E-state index contributed by atoms with van der Waals surface area (Å²) in [5.41, 5.74) is 7.53. The highest BCUT2D eigenvalue weighted by atomic mass is 35.5. The molecular weight excluding hydrogens is 370 g/mol. The summed E-state index contributed by atoms with van der Waals surface area (Å²) in [4.78, 5) is 12.9. The van der Waals surface area contributed by atoms with E-state index in [1.54, 1.807) is 0 Å². The summed E-state index contributed by atoms with van der Waals surface area (Å²) in [6.07, 6.45) is 10.4. The Hall–Kier alpha value is -1.10. The molecule has 0 saturated heterocycles. The van der Waals surface area contributed by atoms with Crippen molar-refractivity contribution in [1.29, 1.82) is 0 Å². The molecule has 3 aliphatic rings. The second-order valence-electron chi connectivity index (χ2n) is 9.47. The minimum absolute atomic E-state index is 0.0260. The average molecular weight is 404 g/mol. The van der Waals surface area contributed by atoms with E-state index in [-0.39, 0.29) is 5.91 Å². The number of benzene rings is 1. The summed E-state index contributed by atoms with van der Waals surface area (Å²) >= 11 is 6.36. The third kappa shape index (κ3) is 4.39. The van der Waals surface area contributed by atoms with Gasteiger partial charge in [0.05, 0.1) is 10.6 Å². The Morgan fingerprint density at radius 2 is 2.11 bits per heavy atom. The van der Waals surface area contributed by atoms with Gasteiger partial charge in [-0.25, -0.2) is 0 Å². The van der Waals surface area contributed by atoms with Gasteiger partial charge in [-0.05, 0) is 92.5 Å². The Labute approximate surface area is 174 Å². The lowest BCUT2D eigenvalue weighted by Crippen LogP contribution is -2.41. The number of carbonyl (C=O) groups is 1. The number of hydrogen-bond donors (Lipinski definition) is 3. The lowest BCUT2D eigenvalue weighted by atomic mass is 9.67. The minimum atomic E-state index is -0.0260. The van der Waals surface area contributed by atoms with Gasteiger partial charge >= 0.3 is 0 Å². The number of amides is 1. The second kappa shape index (κ2) is 8.73. The second-order valence-corrected chi connectivity index (χ2v) is 9.88. The SMILES string of the molecule is NCCCNCc1ccc(Cl)c(C(=O)NCC23CCCC4CC(CC4C2)C3)c1. The fourth-order valence-electron chi connectivity index (χ4n) is 6.21. The molecule has 154 valence electrons. The molecule has 1 amide bonds. The normalized spacial score (nSPS) is 31.0. The smallest absolute Gasteiger partial charge is 0.252 e. The van der Waals surface area contributed by atoms with Crippen LogP contribution in [0.3, 0.4) is 0 Å². The highest BCUT2D eigenvalue weighted by Gasteiger charge is 2.49. The van der Waals surface area contributed by atoms with E-state index in [4.69, 9.17) is 17.3 Å². The van der Waals surface area contributed by atoms with Gasteiger partial charge in [-0.2, -0.15) is 0 Å². The van der Waals surface area contributed by atoms with Crippen molar-refractivity contribution in [3.63, 3.8) is 0 Å². The van der Waals surface area contributed by atoms with E-state index in [1.165, 1.54) is 44.9 Å². The van der Waals surface area contributed by atoms with E-state index < -0.39 is 0 Å². The zero-order valence-electron chi connectivity index (χ0n) is 16.8. The summed E-state index contributed by atoms with van der Waals surface area (Å²) in [6, 6.07) is 5.75. The number of carbonyl (C=O) groups excluding carboxylic acids is 1. The van der Waals surface area contributed by atoms with Crippen molar-refractivity contribution in [2.75, 3.05) is 19.6 Å². The molecule has 3 aliphatic carbocycles. The third-order valence-electron chi connectivity index (χ3n) is 7.42. The highest BCUT2D eigenvalue weighted by Crippen LogP contribution is 2.58. The van der Waals surface area contributed by atoms with Crippen molar-refractivity contribution in [2.45, 2.75) is 57.9 Å². The highest BCUT2D eigenvalue weighted by molar-refractivity contribution is 6.33. The van der Waals surface area contributed by atoms with Crippen molar-refractivity contribution >= 4 is 17.5 Å². The van der Waals surface area contributed by atoms with Gasteiger partial charge in [0.2, 0.25) is 0 Å². The largest absolute Gasteiger partial charge is 0.351 e. The molecule has 0 spiro atoms. The van der Waals surface area contributed by atoms with Gasteiger partial charge in [0.15, 0.2) is 0 Å². The minimum Gasteiger partial charge on any atom is -0.351 e. The molecule has 4 rings (SSSR count). The van der Waals surface area contributed by atoms with Gasteiger partial charge in [-0.1, -0.05) is 30.5 Å². The van der Waals surface area contributed by atoms with E-state index >= 15 is 0 Å². The van der Waals surface area contributed by atoms with Crippen molar-refractivity contribution in [3.05, 3.63) is 34.3 Å². The number of fused-ring (bicyclic) bond motifs is 2. The summed E-state index contributed by atoms with van der Waals surface area (Å²) in [6.45, 7) is 3.10. The lowest BCUT2D eigenvalue weighted by Gasteiger charge is -2.40. The summed E-state index contributed by atoms with van der Waals surface area (Å²) in [5, 5.41) is 7.16. The van der Waals surface area contributed by atoms with Gasteiger partial charge in [-0.3, -0.25) is 4.79 Å². The molecule has 0 heterocycles. The number of halogens is 1. The molecule has 3 saturated carbocycles. The first-order chi connectivity index (χ1) is 13.6. The van der Waals surface area contributed by atoms with Crippen molar-refractivity contribution in [2.24, 2.45) is 28.9 Å². The molecule has 1 aromatic rings. The van der Waals surface area contributed by atoms with Crippen LogP contribution in [0.25, 0.3) is 0 Å². The molecule has 3 fully saturated rings. The zero-order chi connectivity index (χ0) is 19.6. The Bertz CT molecular complexity index is 709. The van der Waals surface area contributed by atoms with Crippen LogP contribution in [0, 0.1) is 23.2 Å². The Balaban J connectivity index is 1.38. The van der Waals surface area contributed by atoms with Crippen LogP contribution in [0.5, 0.6) is 0 Å². The number of nitrogens with one attached hydrogen (secondary N) is 2.